The van der Waals surface area contributed by atoms with E-state index in [1.54, 1.807) is 0 Å². The Labute approximate surface area is 239 Å². The van der Waals surface area contributed by atoms with Crippen LogP contribution < -0.4 is 20.1 Å². The zero-order valence-electron chi connectivity index (χ0n) is 22.2. The summed E-state index contributed by atoms with van der Waals surface area (Å²) in [5.74, 6) is 1.24. The molecule has 1 aliphatic rings. The van der Waals surface area contributed by atoms with E-state index in [2.05, 4.69) is 31.4 Å². The second-order valence-electron chi connectivity index (χ2n) is 10.3. The van der Waals surface area contributed by atoms with Gasteiger partial charge in [-0.25, -0.2) is 0 Å². The molecule has 0 aromatic heterocycles. The summed E-state index contributed by atoms with van der Waals surface area (Å²) in [6.07, 6.45) is 0. The molecule has 2 N–H and O–H groups in total. The Bertz CT molecular complexity index is 1230. The fourth-order valence-corrected chi connectivity index (χ4v) is 5.39. The lowest BCUT2D eigenvalue weighted by molar-refractivity contribution is -0.118. The van der Waals surface area contributed by atoms with Gasteiger partial charge in [0.15, 0.2) is 5.66 Å². The number of hydrogen-bond donors (Lipinski definition) is 2. The van der Waals surface area contributed by atoms with Crippen molar-refractivity contribution < 1.29 is 14.3 Å². The van der Waals surface area contributed by atoms with Gasteiger partial charge in [0.05, 0.1) is 25.3 Å². The van der Waals surface area contributed by atoms with Gasteiger partial charge >= 0.3 is 0 Å². The molecule has 3 aromatic rings. The lowest BCUT2D eigenvalue weighted by Gasteiger charge is -2.32. The van der Waals surface area contributed by atoms with E-state index in [-0.39, 0.29) is 17.5 Å². The summed E-state index contributed by atoms with van der Waals surface area (Å²) in [5, 5.41) is 7.72. The summed E-state index contributed by atoms with van der Waals surface area (Å²) < 4.78 is 12.2. The number of benzene rings is 3. The van der Waals surface area contributed by atoms with E-state index in [4.69, 9.17) is 44.3 Å². The van der Waals surface area contributed by atoms with Gasteiger partial charge in [0.1, 0.15) is 11.5 Å². The first kappa shape index (κ1) is 28.7. The number of carbonyl (C=O) groups is 1. The Kier molecular flexibility index (Phi) is 8.65. The van der Waals surface area contributed by atoms with Crippen LogP contribution >= 0.6 is 34.8 Å². The maximum atomic E-state index is 13.4. The molecule has 1 aliphatic heterocycles. The van der Waals surface area contributed by atoms with Crippen molar-refractivity contribution in [1.29, 1.82) is 0 Å². The molecule has 38 heavy (non-hydrogen) atoms. The molecule has 3 atom stereocenters. The van der Waals surface area contributed by atoms with Crippen LogP contribution in [0.5, 0.6) is 11.5 Å². The average molecular weight is 576 g/mol. The van der Waals surface area contributed by atoms with Gasteiger partial charge in [-0.2, -0.15) is 0 Å². The third kappa shape index (κ3) is 5.68. The lowest BCUT2D eigenvalue weighted by atomic mass is 9.84. The standard InChI is InChI=1S/C30H33Cl3N2O3/c1-6-37-24-17-23(25(38-7-2)16-22(24)29(3,4)5)30(28(33)36)34-26(18-8-12-20(31)13-9-18)27(35-30)19-10-14-21(32)15-11-19/h8-17,26-27,34-35H,6-7H2,1-5H3/t26-,27+,30?. The van der Waals surface area contributed by atoms with E-state index in [9.17, 15) is 4.79 Å². The van der Waals surface area contributed by atoms with Crippen LogP contribution in [-0.2, 0) is 15.9 Å². The van der Waals surface area contributed by atoms with Gasteiger partial charge in [-0.1, -0.05) is 68.2 Å². The quantitative estimate of drug-likeness (QED) is 0.270. The van der Waals surface area contributed by atoms with Crippen LogP contribution in [0.4, 0.5) is 0 Å². The molecule has 3 aromatic carbocycles. The predicted molar refractivity (Wildman–Crippen MR) is 155 cm³/mol. The summed E-state index contributed by atoms with van der Waals surface area (Å²) in [7, 11) is 0. The van der Waals surface area contributed by atoms with Gasteiger partial charge in [-0.3, -0.25) is 15.4 Å². The van der Waals surface area contributed by atoms with Crippen LogP contribution in [0.25, 0.3) is 0 Å². The first-order valence-electron chi connectivity index (χ1n) is 12.7. The summed E-state index contributed by atoms with van der Waals surface area (Å²) in [4.78, 5) is 13.4. The van der Waals surface area contributed by atoms with Crippen LogP contribution in [0.2, 0.25) is 10.0 Å². The van der Waals surface area contributed by atoms with Crippen LogP contribution in [0, 0.1) is 0 Å². The zero-order chi connectivity index (χ0) is 27.7. The van der Waals surface area contributed by atoms with Crippen molar-refractivity contribution in [2.24, 2.45) is 0 Å². The highest BCUT2D eigenvalue weighted by Crippen LogP contribution is 2.47. The largest absolute Gasteiger partial charge is 0.494 e. The molecule has 1 saturated heterocycles. The average Bonchev–Trinajstić information content (AvgIpc) is 3.27. The minimum absolute atomic E-state index is 0.221. The molecule has 0 bridgehead atoms. The number of nitrogens with one attached hydrogen (secondary N) is 2. The number of rotatable bonds is 8. The zero-order valence-corrected chi connectivity index (χ0v) is 24.5. The number of ether oxygens (including phenoxy) is 2. The van der Waals surface area contributed by atoms with Crippen LogP contribution in [0.1, 0.15) is 69.0 Å². The Morgan fingerprint density at radius 3 is 1.66 bits per heavy atom. The molecule has 1 heterocycles. The molecule has 4 rings (SSSR count). The van der Waals surface area contributed by atoms with Gasteiger partial charge in [-0.05, 0) is 78.4 Å². The normalized spacial score (nSPS) is 21.4. The van der Waals surface area contributed by atoms with Crippen molar-refractivity contribution in [1.82, 2.24) is 10.6 Å². The minimum atomic E-state index is -1.47. The topological polar surface area (TPSA) is 59.6 Å². The van der Waals surface area contributed by atoms with E-state index in [0.717, 1.165) is 16.7 Å². The monoisotopic (exact) mass is 574 g/mol. The Morgan fingerprint density at radius 1 is 0.816 bits per heavy atom. The first-order valence-corrected chi connectivity index (χ1v) is 13.8. The molecule has 5 nitrogen and oxygen atoms in total. The van der Waals surface area contributed by atoms with Gasteiger partial charge < -0.3 is 9.47 Å². The molecule has 0 amide bonds. The van der Waals surface area contributed by atoms with Gasteiger partial charge in [0.25, 0.3) is 5.24 Å². The van der Waals surface area contributed by atoms with Crippen LogP contribution in [0.3, 0.4) is 0 Å². The molecular formula is C30H33Cl3N2O3. The second-order valence-corrected chi connectivity index (χ2v) is 11.5. The van der Waals surface area contributed by atoms with Crippen molar-refractivity contribution in [3.8, 4) is 11.5 Å². The van der Waals surface area contributed by atoms with Gasteiger partial charge in [0.2, 0.25) is 0 Å². The molecular weight excluding hydrogens is 543 g/mol. The smallest absolute Gasteiger partial charge is 0.261 e. The highest BCUT2D eigenvalue weighted by molar-refractivity contribution is 6.65. The number of hydrogen-bond acceptors (Lipinski definition) is 5. The fraction of sp³-hybridized carbons (Fsp3) is 0.367. The number of halogens is 3. The van der Waals surface area contributed by atoms with Crippen molar-refractivity contribution in [2.75, 3.05) is 13.2 Å². The summed E-state index contributed by atoms with van der Waals surface area (Å²) >= 11 is 18.8. The maximum Gasteiger partial charge on any atom is 0.261 e. The van der Waals surface area contributed by atoms with Crippen molar-refractivity contribution >= 4 is 40.0 Å². The highest BCUT2D eigenvalue weighted by atomic mass is 35.5. The predicted octanol–water partition coefficient (Wildman–Crippen LogP) is 7.68. The minimum Gasteiger partial charge on any atom is -0.494 e. The third-order valence-electron chi connectivity index (χ3n) is 6.72. The Balaban J connectivity index is 1.94. The lowest BCUT2D eigenvalue weighted by Crippen LogP contribution is -2.51. The van der Waals surface area contributed by atoms with Crippen molar-refractivity contribution in [2.45, 2.75) is 57.8 Å². The molecule has 1 unspecified atom stereocenters. The Morgan fingerprint density at radius 2 is 1.26 bits per heavy atom. The van der Waals surface area contributed by atoms with E-state index in [1.165, 1.54) is 0 Å². The molecule has 8 heteroatoms. The van der Waals surface area contributed by atoms with E-state index in [1.807, 2.05) is 74.5 Å². The van der Waals surface area contributed by atoms with Gasteiger partial charge in [0, 0.05) is 21.2 Å². The molecule has 0 spiro atoms. The second kappa shape index (κ2) is 11.4. The fourth-order valence-electron chi connectivity index (χ4n) is 4.93. The SMILES string of the molecule is CCOc1cc(C2(C(=O)Cl)N[C@H](c3ccc(Cl)cc3)[C@H](c3ccc(Cl)cc3)N2)c(OCC)cc1C(C)(C)C. The van der Waals surface area contributed by atoms with Crippen molar-refractivity contribution in [3.63, 3.8) is 0 Å². The third-order valence-corrected chi connectivity index (χ3v) is 7.51. The molecule has 0 saturated carbocycles. The van der Waals surface area contributed by atoms with E-state index in [0.29, 0.717) is 40.3 Å². The Hall–Kier alpha value is -2.28. The summed E-state index contributed by atoms with van der Waals surface area (Å²) in [6, 6.07) is 18.3. The van der Waals surface area contributed by atoms with Crippen molar-refractivity contribution in [3.05, 3.63) is 93.0 Å². The highest BCUT2D eigenvalue weighted by Gasteiger charge is 2.52. The molecule has 0 radical (unpaired) electrons. The molecule has 1 fully saturated rings. The number of carbonyl (C=O) groups excluding carboxylic acids is 1. The van der Waals surface area contributed by atoms with Crippen LogP contribution in [0.15, 0.2) is 60.7 Å². The summed E-state index contributed by atoms with van der Waals surface area (Å²) in [5.41, 5.74) is 1.73. The van der Waals surface area contributed by atoms with Gasteiger partial charge in [-0.15, -0.1) is 0 Å². The van der Waals surface area contributed by atoms with E-state index >= 15 is 0 Å². The molecule has 202 valence electrons. The molecule has 0 aliphatic carbocycles. The van der Waals surface area contributed by atoms with E-state index < -0.39 is 10.9 Å². The summed E-state index contributed by atoms with van der Waals surface area (Å²) in [6.45, 7) is 11.1. The van der Waals surface area contributed by atoms with Crippen LogP contribution in [-0.4, -0.2) is 18.5 Å². The first-order chi connectivity index (χ1) is 18.0. The maximum absolute atomic E-state index is 13.4.